The summed E-state index contributed by atoms with van der Waals surface area (Å²) < 4.78 is 5.09. The van der Waals surface area contributed by atoms with Gasteiger partial charge in [0.15, 0.2) is 0 Å². The van der Waals surface area contributed by atoms with Gasteiger partial charge in [-0.05, 0) is 45.2 Å². The summed E-state index contributed by atoms with van der Waals surface area (Å²) in [6, 6.07) is 4.86. The smallest absolute Gasteiger partial charge is 0.273 e. The van der Waals surface area contributed by atoms with Crippen LogP contribution in [0.25, 0.3) is 0 Å². The third kappa shape index (κ3) is 5.23. The molecule has 0 aliphatic carbocycles. The summed E-state index contributed by atoms with van der Waals surface area (Å²) in [6.07, 6.45) is 1.04. The molecular weight excluding hydrogens is 246 g/mol. The van der Waals surface area contributed by atoms with Crippen LogP contribution >= 0.6 is 0 Å². The molecule has 1 rings (SSSR count). The molecule has 0 fully saturated rings. The molecule has 106 valence electrons. The predicted molar refractivity (Wildman–Crippen MR) is 74.5 cm³/mol. The van der Waals surface area contributed by atoms with Crippen molar-refractivity contribution in [2.45, 2.75) is 13.0 Å². The van der Waals surface area contributed by atoms with Crippen molar-refractivity contribution >= 4 is 5.69 Å². The summed E-state index contributed by atoms with van der Waals surface area (Å²) in [5.41, 5.74) is 0.955. The highest BCUT2D eigenvalue weighted by atomic mass is 16.6. The molecule has 0 radical (unpaired) electrons. The maximum atomic E-state index is 10.8. The zero-order chi connectivity index (χ0) is 14.3. The van der Waals surface area contributed by atoms with Crippen LogP contribution in [0.4, 0.5) is 5.69 Å². The molecule has 6 heteroatoms. The van der Waals surface area contributed by atoms with Crippen LogP contribution in [0.3, 0.4) is 0 Å². The number of methoxy groups -OCH3 is 1. The third-order valence-corrected chi connectivity index (χ3v) is 2.82. The Morgan fingerprint density at radius 2 is 2.16 bits per heavy atom. The van der Waals surface area contributed by atoms with Gasteiger partial charge >= 0.3 is 0 Å². The number of rotatable bonds is 8. The molecule has 0 saturated carbocycles. The summed E-state index contributed by atoms with van der Waals surface area (Å²) >= 11 is 0. The number of nitro benzene ring substituents is 1. The molecule has 0 aromatic heterocycles. The molecular formula is C13H21N3O3. The lowest BCUT2D eigenvalue weighted by Crippen LogP contribution is -2.22. The SMILES string of the molecule is CNCCCN(C)Cc1cc(OC)cc([N+](=O)[O-])c1. The fourth-order valence-electron chi connectivity index (χ4n) is 1.87. The molecule has 0 saturated heterocycles. The summed E-state index contributed by atoms with van der Waals surface area (Å²) in [4.78, 5) is 12.6. The zero-order valence-electron chi connectivity index (χ0n) is 11.7. The Labute approximate surface area is 113 Å². The van der Waals surface area contributed by atoms with E-state index in [9.17, 15) is 10.1 Å². The zero-order valence-corrected chi connectivity index (χ0v) is 11.7. The average Bonchev–Trinajstić information content (AvgIpc) is 2.38. The van der Waals surface area contributed by atoms with E-state index in [-0.39, 0.29) is 5.69 Å². The fraction of sp³-hybridized carbons (Fsp3) is 0.538. The van der Waals surface area contributed by atoms with Gasteiger partial charge in [-0.25, -0.2) is 0 Å². The minimum atomic E-state index is -0.396. The van der Waals surface area contributed by atoms with Crippen LogP contribution in [0.2, 0.25) is 0 Å². The molecule has 1 N–H and O–H groups in total. The first kappa shape index (κ1) is 15.4. The standard InChI is InChI=1S/C13H21N3O3/c1-14-5-4-6-15(2)10-11-7-12(16(17)18)9-13(8-11)19-3/h7-9,14H,4-6,10H2,1-3H3. The number of non-ortho nitro benzene ring substituents is 1. The number of nitrogens with one attached hydrogen (secondary N) is 1. The van der Waals surface area contributed by atoms with Gasteiger partial charge in [-0.15, -0.1) is 0 Å². The molecule has 19 heavy (non-hydrogen) atoms. The highest BCUT2D eigenvalue weighted by molar-refractivity contribution is 5.42. The van der Waals surface area contributed by atoms with Crippen LogP contribution in [-0.2, 0) is 6.54 Å². The molecule has 6 nitrogen and oxygen atoms in total. The molecule has 0 aliphatic rings. The van der Waals surface area contributed by atoms with Gasteiger partial charge < -0.3 is 15.0 Å². The second-order valence-electron chi connectivity index (χ2n) is 4.49. The predicted octanol–water partition coefficient (Wildman–Crippen LogP) is 1.64. The Morgan fingerprint density at radius 1 is 1.42 bits per heavy atom. The lowest BCUT2D eigenvalue weighted by molar-refractivity contribution is -0.385. The summed E-state index contributed by atoms with van der Waals surface area (Å²) in [6.45, 7) is 2.57. The topological polar surface area (TPSA) is 67.6 Å². The van der Waals surface area contributed by atoms with Gasteiger partial charge in [0.25, 0.3) is 5.69 Å². The Hall–Kier alpha value is -1.66. The summed E-state index contributed by atoms with van der Waals surface area (Å²) in [5, 5.41) is 13.9. The Kier molecular flexibility index (Phi) is 6.24. The first-order valence-electron chi connectivity index (χ1n) is 6.22. The Morgan fingerprint density at radius 3 is 2.74 bits per heavy atom. The van der Waals surface area contributed by atoms with Crippen molar-refractivity contribution < 1.29 is 9.66 Å². The Bertz CT molecular complexity index is 424. The van der Waals surface area contributed by atoms with E-state index in [4.69, 9.17) is 4.74 Å². The van der Waals surface area contributed by atoms with Crippen molar-refractivity contribution in [2.75, 3.05) is 34.3 Å². The monoisotopic (exact) mass is 267 g/mol. The molecule has 0 heterocycles. The first-order chi connectivity index (χ1) is 9.06. The molecule has 0 atom stereocenters. The van der Waals surface area contributed by atoms with Gasteiger partial charge in [0, 0.05) is 12.6 Å². The quantitative estimate of drug-likeness (QED) is 0.440. The van der Waals surface area contributed by atoms with E-state index in [1.807, 2.05) is 20.2 Å². The largest absolute Gasteiger partial charge is 0.496 e. The van der Waals surface area contributed by atoms with Crippen LogP contribution in [0.1, 0.15) is 12.0 Å². The van der Waals surface area contributed by atoms with Gasteiger partial charge in [0.1, 0.15) is 5.75 Å². The van der Waals surface area contributed by atoms with Crippen molar-refractivity contribution in [3.05, 3.63) is 33.9 Å². The summed E-state index contributed by atoms with van der Waals surface area (Å²) in [5.74, 6) is 0.521. The van der Waals surface area contributed by atoms with E-state index in [0.29, 0.717) is 12.3 Å². The van der Waals surface area contributed by atoms with Gasteiger partial charge in [-0.1, -0.05) is 0 Å². The van der Waals surface area contributed by atoms with Crippen LogP contribution in [0.15, 0.2) is 18.2 Å². The van der Waals surface area contributed by atoms with E-state index in [1.54, 1.807) is 6.07 Å². The molecule has 1 aromatic carbocycles. The van der Waals surface area contributed by atoms with Gasteiger partial charge in [0.2, 0.25) is 0 Å². The van der Waals surface area contributed by atoms with Crippen LogP contribution in [-0.4, -0.2) is 44.1 Å². The molecule has 0 amide bonds. The van der Waals surface area contributed by atoms with Gasteiger partial charge in [0.05, 0.1) is 18.1 Å². The van der Waals surface area contributed by atoms with E-state index in [0.717, 1.165) is 25.1 Å². The van der Waals surface area contributed by atoms with Crippen LogP contribution in [0.5, 0.6) is 5.75 Å². The first-order valence-corrected chi connectivity index (χ1v) is 6.22. The van der Waals surface area contributed by atoms with Crippen LogP contribution < -0.4 is 10.1 Å². The summed E-state index contributed by atoms with van der Waals surface area (Å²) in [7, 11) is 5.44. The third-order valence-electron chi connectivity index (χ3n) is 2.82. The second-order valence-corrected chi connectivity index (χ2v) is 4.49. The van der Waals surface area contributed by atoms with Crippen molar-refractivity contribution in [2.24, 2.45) is 0 Å². The maximum absolute atomic E-state index is 10.8. The normalized spacial score (nSPS) is 10.7. The molecule has 0 bridgehead atoms. The maximum Gasteiger partial charge on any atom is 0.273 e. The number of nitro groups is 1. The van der Waals surface area contributed by atoms with Crippen LogP contribution in [0, 0.1) is 10.1 Å². The van der Waals surface area contributed by atoms with Crippen molar-refractivity contribution in [3.8, 4) is 5.75 Å². The van der Waals surface area contributed by atoms with Crippen molar-refractivity contribution in [1.29, 1.82) is 0 Å². The number of hydrogen-bond donors (Lipinski definition) is 1. The van der Waals surface area contributed by atoms with E-state index in [1.165, 1.54) is 13.2 Å². The minimum absolute atomic E-state index is 0.0676. The van der Waals surface area contributed by atoms with Crippen molar-refractivity contribution in [3.63, 3.8) is 0 Å². The molecule has 1 aromatic rings. The lowest BCUT2D eigenvalue weighted by Gasteiger charge is -2.16. The average molecular weight is 267 g/mol. The molecule has 0 spiro atoms. The number of benzene rings is 1. The Balaban J connectivity index is 2.71. The van der Waals surface area contributed by atoms with Gasteiger partial charge in [-0.3, -0.25) is 10.1 Å². The minimum Gasteiger partial charge on any atom is -0.496 e. The highest BCUT2D eigenvalue weighted by Crippen LogP contribution is 2.23. The lowest BCUT2D eigenvalue weighted by atomic mass is 10.1. The van der Waals surface area contributed by atoms with Gasteiger partial charge in [-0.2, -0.15) is 0 Å². The number of hydrogen-bond acceptors (Lipinski definition) is 5. The van der Waals surface area contributed by atoms with E-state index >= 15 is 0 Å². The number of ether oxygens (including phenoxy) is 1. The number of nitrogens with zero attached hydrogens (tertiary/aromatic N) is 2. The molecule has 0 aliphatic heterocycles. The highest BCUT2D eigenvalue weighted by Gasteiger charge is 2.11. The second kappa shape index (κ2) is 7.70. The van der Waals surface area contributed by atoms with E-state index in [2.05, 4.69) is 10.2 Å². The fourth-order valence-corrected chi connectivity index (χ4v) is 1.87. The molecule has 0 unspecified atom stereocenters. The van der Waals surface area contributed by atoms with Crippen molar-refractivity contribution in [1.82, 2.24) is 10.2 Å². The van der Waals surface area contributed by atoms with E-state index < -0.39 is 4.92 Å².